The Labute approximate surface area is 95.2 Å². The number of nitrogens with one attached hydrogen (secondary N) is 2. The standard InChI is InChI=1S/C11H18N4O/c1-8-5-10(14-15(8)2)11(16)13-7-9-3-4-12-6-9/h5,9,12H,3-4,6-7H2,1-2H3,(H,13,16)/t9-/m0/s1. The average molecular weight is 222 g/mol. The third kappa shape index (κ3) is 2.41. The van der Waals surface area contributed by atoms with Gasteiger partial charge in [0.05, 0.1) is 0 Å². The summed E-state index contributed by atoms with van der Waals surface area (Å²) in [5, 5.41) is 10.3. The predicted octanol–water partition coefficient (Wildman–Crippen LogP) is 0.0678. The van der Waals surface area contributed by atoms with Crippen LogP contribution in [-0.4, -0.2) is 35.3 Å². The van der Waals surface area contributed by atoms with E-state index in [9.17, 15) is 4.79 Å². The van der Waals surface area contributed by atoms with Gasteiger partial charge in [-0.2, -0.15) is 5.10 Å². The van der Waals surface area contributed by atoms with Crippen molar-refractivity contribution in [3.8, 4) is 0 Å². The van der Waals surface area contributed by atoms with Crippen molar-refractivity contribution in [2.24, 2.45) is 13.0 Å². The van der Waals surface area contributed by atoms with Gasteiger partial charge in [-0.1, -0.05) is 0 Å². The minimum atomic E-state index is -0.0735. The Bertz CT molecular complexity index is 360. The fourth-order valence-electron chi connectivity index (χ4n) is 1.89. The minimum absolute atomic E-state index is 0.0735. The number of amides is 1. The molecule has 1 aliphatic heterocycles. The summed E-state index contributed by atoms with van der Waals surface area (Å²) in [4.78, 5) is 11.8. The van der Waals surface area contributed by atoms with E-state index >= 15 is 0 Å². The lowest BCUT2D eigenvalue weighted by molar-refractivity contribution is 0.0942. The molecule has 88 valence electrons. The summed E-state index contributed by atoms with van der Waals surface area (Å²) < 4.78 is 1.71. The molecule has 1 aromatic heterocycles. The van der Waals surface area contributed by atoms with Gasteiger partial charge in [0.15, 0.2) is 0 Å². The quantitative estimate of drug-likeness (QED) is 0.761. The van der Waals surface area contributed by atoms with Crippen molar-refractivity contribution < 1.29 is 4.79 Å². The molecule has 16 heavy (non-hydrogen) atoms. The van der Waals surface area contributed by atoms with Crippen molar-refractivity contribution in [1.29, 1.82) is 0 Å². The van der Waals surface area contributed by atoms with E-state index in [0.29, 0.717) is 11.6 Å². The molecule has 2 heterocycles. The molecule has 0 radical (unpaired) electrons. The summed E-state index contributed by atoms with van der Waals surface area (Å²) in [6.07, 6.45) is 1.14. The molecule has 0 bridgehead atoms. The molecule has 1 aliphatic rings. The zero-order valence-corrected chi connectivity index (χ0v) is 9.79. The second-order valence-electron chi connectivity index (χ2n) is 4.36. The van der Waals surface area contributed by atoms with Crippen LogP contribution in [0, 0.1) is 12.8 Å². The molecule has 2 rings (SSSR count). The first-order valence-corrected chi connectivity index (χ1v) is 5.66. The van der Waals surface area contributed by atoms with Crippen molar-refractivity contribution in [3.63, 3.8) is 0 Å². The smallest absolute Gasteiger partial charge is 0.271 e. The van der Waals surface area contributed by atoms with Crippen molar-refractivity contribution in [3.05, 3.63) is 17.5 Å². The third-order valence-corrected chi connectivity index (χ3v) is 3.06. The fraction of sp³-hybridized carbons (Fsp3) is 0.636. The normalized spacial score (nSPS) is 20.0. The maximum absolute atomic E-state index is 11.8. The molecule has 0 spiro atoms. The van der Waals surface area contributed by atoms with Crippen LogP contribution in [0.1, 0.15) is 22.6 Å². The van der Waals surface area contributed by atoms with Crippen molar-refractivity contribution >= 4 is 5.91 Å². The number of carbonyl (C=O) groups is 1. The minimum Gasteiger partial charge on any atom is -0.350 e. The molecule has 2 N–H and O–H groups in total. The number of aryl methyl sites for hydroxylation is 2. The SMILES string of the molecule is Cc1cc(C(=O)NC[C@H]2CCNC2)nn1C. The van der Waals surface area contributed by atoms with Crippen LogP contribution in [0.3, 0.4) is 0 Å². The highest BCUT2D eigenvalue weighted by atomic mass is 16.1. The molecule has 0 aromatic carbocycles. The molecule has 0 saturated carbocycles. The highest BCUT2D eigenvalue weighted by molar-refractivity contribution is 5.92. The zero-order chi connectivity index (χ0) is 11.5. The Kier molecular flexibility index (Phi) is 3.24. The molecule has 1 amide bonds. The summed E-state index contributed by atoms with van der Waals surface area (Å²) >= 11 is 0. The number of carbonyl (C=O) groups excluding carboxylic acids is 1. The lowest BCUT2D eigenvalue weighted by Crippen LogP contribution is -2.30. The summed E-state index contributed by atoms with van der Waals surface area (Å²) in [5.74, 6) is 0.490. The van der Waals surface area contributed by atoms with Gasteiger partial charge in [0, 0.05) is 19.3 Å². The average Bonchev–Trinajstić information content (AvgIpc) is 2.86. The largest absolute Gasteiger partial charge is 0.350 e. The van der Waals surface area contributed by atoms with E-state index in [-0.39, 0.29) is 5.91 Å². The Morgan fingerprint density at radius 2 is 2.56 bits per heavy atom. The van der Waals surface area contributed by atoms with Crippen LogP contribution in [0.5, 0.6) is 0 Å². The van der Waals surface area contributed by atoms with Crippen LogP contribution in [0.4, 0.5) is 0 Å². The highest BCUT2D eigenvalue weighted by Gasteiger charge is 2.16. The summed E-state index contributed by atoms with van der Waals surface area (Å²) in [6.45, 7) is 4.73. The Morgan fingerprint density at radius 3 is 3.12 bits per heavy atom. The maximum Gasteiger partial charge on any atom is 0.271 e. The summed E-state index contributed by atoms with van der Waals surface area (Å²) in [7, 11) is 1.84. The van der Waals surface area contributed by atoms with Crippen molar-refractivity contribution in [2.45, 2.75) is 13.3 Å². The van der Waals surface area contributed by atoms with Crippen molar-refractivity contribution in [1.82, 2.24) is 20.4 Å². The molecule has 0 unspecified atom stereocenters. The van der Waals surface area contributed by atoms with E-state index in [4.69, 9.17) is 0 Å². The van der Waals surface area contributed by atoms with Gasteiger partial charge in [0.25, 0.3) is 5.91 Å². The predicted molar refractivity (Wildman–Crippen MR) is 61.3 cm³/mol. The summed E-state index contributed by atoms with van der Waals surface area (Å²) in [5.41, 5.74) is 1.50. The molecule has 1 atom stereocenters. The zero-order valence-electron chi connectivity index (χ0n) is 9.79. The molecule has 5 nitrogen and oxygen atoms in total. The molecule has 5 heteroatoms. The van der Waals surface area contributed by atoms with E-state index in [1.54, 1.807) is 4.68 Å². The molecule has 1 aromatic rings. The van der Waals surface area contributed by atoms with E-state index in [0.717, 1.165) is 31.7 Å². The van der Waals surface area contributed by atoms with Crippen LogP contribution in [0.25, 0.3) is 0 Å². The van der Waals surface area contributed by atoms with Crippen LogP contribution < -0.4 is 10.6 Å². The number of nitrogens with zero attached hydrogens (tertiary/aromatic N) is 2. The summed E-state index contributed by atoms with van der Waals surface area (Å²) in [6, 6.07) is 1.81. The van der Waals surface area contributed by atoms with Gasteiger partial charge in [-0.25, -0.2) is 0 Å². The second-order valence-corrected chi connectivity index (χ2v) is 4.36. The third-order valence-electron chi connectivity index (χ3n) is 3.06. The maximum atomic E-state index is 11.8. The van der Waals surface area contributed by atoms with E-state index in [1.807, 2.05) is 20.0 Å². The number of aromatic nitrogens is 2. The van der Waals surface area contributed by atoms with Gasteiger partial charge in [-0.15, -0.1) is 0 Å². The lowest BCUT2D eigenvalue weighted by atomic mass is 10.1. The van der Waals surface area contributed by atoms with Gasteiger partial charge in [-0.3, -0.25) is 9.48 Å². The van der Waals surface area contributed by atoms with Crippen LogP contribution in [0.15, 0.2) is 6.07 Å². The van der Waals surface area contributed by atoms with Gasteiger partial charge >= 0.3 is 0 Å². The molecule has 1 fully saturated rings. The molecule has 0 aliphatic carbocycles. The van der Waals surface area contributed by atoms with E-state index < -0.39 is 0 Å². The Morgan fingerprint density at radius 1 is 1.75 bits per heavy atom. The molecular formula is C11H18N4O. The second kappa shape index (κ2) is 4.65. The number of rotatable bonds is 3. The Hall–Kier alpha value is -1.36. The van der Waals surface area contributed by atoms with Gasteiger partial charge in [0.1, 0.15) is 5.69 Å². The molecule has 1 saturated heterocycles. The van der Waals surface area contributed by atoms with Crippen LogP contribution >= 0.6 is 0 Å². The first kappa shape index (κ1) is 11.1. The fourth-order valence-corrected chi connectivity index (χ4v) is 1.89. The van der Waals surface area contributed by atoms with Crippen LogP contribution in [-0.2, 0) is 7.05 Å². The van der Waals surface area contributed by atoms with E-state index in [2.05, 4.69) is 15.7 Å². The topological polar surface area (TPSA) is 59.0 Å². The first-order chi connectivity index (χ1) is 7.66. The van der Waals surface area contributed by atoms with Gasteiger partial charge in [-0.05, 0) is 38.4 Å². The van der Waals surface area contributed by atoms with Gasteiger partial charge < -0.3 is 10.6 Å². The Balaban J connectivity index is 1.87. The molecular weight excluding hydrogens is 204 g/mol. The highest BCUT2D eigenvalue weighted by Crippen LogP contribution is 2.06. The number of hydrogen-bond acceptors (Lipinski definition) is 3. The monoisotopic (exact) mass is 222 g/mol. The lowest BCUT2D eigenvalue weighted by Gasteiger charge is -2.08. The number of hydrogen-bond donors (Lipinski definition) is 2. The van der Waals surface area contributed by atoms with E-state index in [1.165, 1.54) is 0 Å². The van der Waals surface area contributed by atoms with Gasteiger partial charge in [0.2, 0.25) is 0 Å². The first-order valence-electron chi connectivity index (χ1n) is 5.66. The van der Waals surface area contributed by atoms with Crippen LogP contribution in [0.2, 0.25) is 0 Å². The van der Waals surface area contributed by atoms with Crippen molar-refractivity contribution in [2.75, 3.05) is 19.6 Å².